The molecule has 2 heterocycles. The maximum absolute atomic E-state index is 13.2. The molecule has 0 aromatic heterocycles. The van der Waals surface area contributed by atoms with Gasteiger partial charge < -0.3 is 14.5 Å². The molecule has 0 bridgehead atoms. The van der Waals surface area contributed by atoms with E-state index in [9.17, 15) is 18.8 Å². The first-order valence-corrected chi connectivity index (χ1v) is 9.96. The molecule has 2 saturated heterocycles. The first kappa shape index (κ1) is 19.1. The second-order valence-corrected chi connectivity index (χ2v) is 8.07. The van der Waals surface area contributed by atoms with Gasteiger partial charge in [0.15, 0.2) is 0 Å². The lowest BCUT2D eigenvalue weighted by molar-refractivity contribution is -0.153. The third-order valence-electron chi connectivity index (χ3n) is 6.27. The number of nitrogens with zero attached hydrogens (tertiary/aromatic N) is 2. The second-order valence-electron chi connectivity index (χ2n) is 8.07. The minimum Gasteiger partial charge on any atom is -0.363 e. The van der Waals surface area contributed by atoms with Gasteiger partial charge in [0, 0.05) is 37.5 Å². The van der Waals surface area contributed by atoms with E-state index in [1.165, 1.54) is 12.1 Å². The number of ketones is 1. The average molecular weight is 388 g/mol. The zero-order chi connectivity index (χ0) is 19.7. The van der Waals surface area contributed by atoms with Crippen LogP contribution in [-0.2, 0) is 19.1 Å². The number of anilines is 1. The third-order valence-corrected chi connectivity index (χ3v) is 6.27. The quantitative estimate of drug-likeness (QED) is 0.780. The highest BCUT2D eigenvalue weighted by molar-refractivity contribution is 5.95. The van der Waals surface area contributed by atoms with E-state index in [0.717, 1.165) is 0 Å². The zero-order valence-electron chi connectivity index (χ0n) is 15.9. The molecule has 1 aromatic rings. The van der Waals surface area contributed by atoms with E-state index in [4.69, 9.17) is 4.74 Å². The van der Waals surface area contributed by atoms with Crippen molar-refractivity contribution in [1.82, 2.24) is 4.90 Å². The monoisotopic (exact) mass is 388 g/mol. The summed E-state index contributed by atoms with van der Waals surface area (Å²) < 4.78 is 19.1. The molecular formula is C21H25FN2O4. The number of hydrogen-bond acceptors (Lipinski definition) is 4. The molecule has 2 aliphatic heterocycles. The van der Waals surface area contributed by atoms with Gasteiger partial charge in [0.1, 0.15) is 18.2 Å². The van der Waals surface area contributed by atoms with Gasteiger partial charge >= 0.3 is 0 Å². The number of carbonyl (C=O) groups is 3. The number of piperidine rings is 1. The van der Waals surface area contributed by atoms with Crippen LogP contribution in [0.15, 0.2) is 24.3 Å². The van der Waals surface area contributed by atoms with Crippen LogP contribution in [0.5, 0.6) is 0 Å². The molecule has 150 valence electrons. The van der Waals surface area contributed by atoms with Crippen LogP contribution in [0.4, 0.5) is 10.1 Å². The lowest BCUT2D eigenvalue weighted by Gasteiger charge is -2.47. The lowest BCUT2D eigenvalue weighted by Crippen LogP contribution is -2.59. The summed E-state index contributed by atoms with van der Waals surface area (Å²) in [7, 11) is 0. The SMILES string of the molecule is O=C1CCC(C(=O)N2CCC3(CC2)CN(c2ccc(F)cc2)C(=O)CO3)CC1. The molecule has 4 rings (SSSR count). The van der Waals surface area contributed by atoms with Crippen molar-refractivity contribution >= 4 is 23.3 Å². The lowest BCUT2D eigenvalue weighted by atomic mass is 9.85. The fraction of sp³-hybridized carbons (Fsp3) is 0.571. The molecule has 0 radical (unpaired) electrons. The van der Waals surface area contributed by atoms with E-state index in [1.54, 1.807) is 17.0 Å². The van der Waals surface area contributed by atoms with Gasteiger partial charge in [-0.3, -0.25) is 14.4 Å². The fourth-order valence-corrected chi connectivity index (χ4v) is 4.45. The predicted octanol–water partition coefficient (Wildman–Crippen LogP) is 2.31. The molecule has 1 saturated carbocycles. The van der Waals surface area contributed by atoms with Crippen molar-refractivity contribution in [3.8, 4) is 0 Å². The van der Waals surface area contributed by atoms with Gasteiger partial charge in [-0.2, -0.15) is 0 Å². The summed E-state index contributed by atoms with van der Waals surface area (Å²) in [6, 6.07) is 5.91. The summed E-state index contributed by atoms with van der Waals surface area (Å²) in [4.78, 5) is 40.1. The number of rotatable bonds is 2. The van der Waals surface area contributed by atoms with Crippen molar-refractivity contribution in [3.05, 3.63) is 30.1 Å². The van der Waals surface area contributed by atoms with Crippen LogP contribution in [-0.4, -0.2) is 54.3 Å². The Bertz CT molecular complexity index is 761. The molecule has 28 heavy (non-hydrogen) atoms. The summed E-state index contributed by atoms with van der Waals surface area (Å²) in [6.07, 6.45) is 3.65. The van der Waals surface area contributed by atoms with Crippen molar-refractivity contribution in [2.75, 3.05) is 31.1 Å². The van der Waals surface area contributed by atoms with Crippen molar-refractivity contribution in [2.45, 2.75) is 44.1 Å². The van der Waals surface area contributed by atoms with Crippen molar-refractivity contribution < 1.29 is 23.5 Å². The molecule has 3 aliphatic rings. The van der Waals surface area contributed by atoms with Crippen LogP contribution in [0.2, 0.25) is 0 Å². The Hall–Kier alpha value is -2.28. The molecule has 1 aromatic carbocycles. The molecule has 1 aliphatic carbocycles. The van der Waals surface area contributed by atoms with Gasteiger partial charge in [0.25, 0.3) is 5.91 Å². The van der Waals surface area contributed by atoms with Crippen LogP contribution < -0.4 is 4.90 Å². The zero-order valence-corrected chi connectivity index (χ0v) is 15.9. The van der Waals surface area contributed by atoms with E-state index >= 15 is 0 Å². The molecular weight excluding hydrogens is 363 g/mol. The number of halogens is 1. The Labute approximate surface area is 163 Å². The van der Waals surface area contributed by atoms with Gasteiger partial charge in [0.2, 0.25) is 5.91 Å². The van der Waals surface area contributed by atoms with Crippen LogP contribution in [0.25, 0.3) is 0 Å². The number of Topliss-reactive ketones (excluding diaryl/α,β-unsaturated/α-hetero) is 1. The molecule has 7 heteroatoms. The van der Waals surface area contributed by atoms with E-state index in [0.29, 0.717) is 63.8 Å². The first-order chi connectivity index (χ1) is 13.5. The Morgan fingerprint density at radius 1 is 1.07 bits per heavy atom. The van der Waals surface area contributed by atoms with Crippen molar-refractivity contribution in [3.63, 3.8) is 0 Å². The van der Waals surface area contributed by atoms with E-state index in [-0.39, 0.29) is 35.9 Å². The normalized spacial score (nSPS) is 23.3. The highest BCUT2D eigenvalue weighted by atomic mass is 19.1. The minimum atomic E-state index is -0.471. The predicted molar refractivity (Wildman–Crippen MR) is 100 cm³/mol. The Morgan fingerprint density at radius 2 is 1.71 bits per heavy atom. The number of benzene rings is 1. The Kier molecular flexibility index (Phi) is 5.19. The molecule has 2 amide bonds. The number of amides is 2. The van der Waals surface area contributed by atoms with Crippen LogP contribution >= 0.6 is 0 Å². The van der Waals surface area contributed by atoms with Gasteiger partial charge in [-0.1, -0.05) is 0 Å². The van der Waals surface area contributed by atoms with Crippen molar-refractivity contribution in [2.24, 2.45) is 5.92 Å². The largest absolute Gasteiger partial charge is 0.363 e. The summed E-state index contributed by atoms with van der Waals surface area (Å²) in [5.41, 5.74) is 0.196. The number of hydrogen-bond donors (Lipinski definition) is 0. The third kappa shape index (κ3) is 3.81. The van der Waals surface area contributed by atoms with Gasteiger partial charge in [-0.05, 0) is 49.9 Å². The molecule has 0 atom stereocenters. The molecule has 3 fully saturated rings. The number of likely N-dealkylation sites (tertiary alicyclic amines) is 1. The van der Waals surface area contributed by atoms with Crippen LogP contribution in [0.1, 0.15) is 38.5 Å². The van der Waals surface area contributed by atoms with E-state index in [2.05, 4.69) is 0 Å². The highest BCUT2D eigenvalue weighted by Gasteiger charge is 2.44. The highest BCUT2D eigenvalue weighted by Crippen LogP contribution is 2.34. The standard InChI is InChI=1S/C21H25FN2O4/c22-16-3-5-17(6-4-16)24-14-21(28-13-19(24)26)9-11-23(12-10-21)20(27)15-1-7-18(25)8-2-15/h3-6,15H,1-2,7-14H2. The van der Waals surface area contributed by atoms with Crippen LogP contribution in [0, 0.1) is 11.7 Å². The average Bonchev–Trinajstić information content (AvgIpc) is 2.71. The van der Waals surface area contributed by atoms with Gasteiger partial charge in [0.05, 0.1) is 12.1 Å². The van der Waals surface area contributed by atoms with Gasteiger partial charge in [-0.15, -0.1) is 0 Å². The van der Waals surface area contributed by atoms with Crippen molar-refractivity contribution in [1.29, 1.82) is 0 Å². The number of carbonyl (C=O) groups excluding carboxylic acids is 3. The topological polar surface area (TPSA) is 66.9 Å². The summed E-state index contributed by atoms with van der Waals surface area (Å²) in [5, 5.41) is 0. The number of ether oxygens (including phenoxy) is 1. The maximum Gasteiger partial charge on any atom is 0.253 e. The minimum absolute atomic E-state index is 0.00391. The van der Waals surface area contributed by atoms with E-state index in [1.807, 2.05) is 4.90 Å². The smallest absolute Gasteiger partial charge is 0.253 e. The molecule has 6 nitrogen and oxygen atoms in total. The first-order valence-electron chi connectivity index (χ1n) is 9.96. The maximum atomic E-state index is 13.2. The number of morpholine rings is 1. The summed E-state index contributed by atoms with van der Waals surface area (Å²) in [5.74, 6) is -0.123. The van der Waals surface area contributed by atoms with Crippen LogP contribution in [0.3, 0.4) is 0 Å². The summed E-state index contributed by atoms with van der Waals surface area (Å²) >= 11 is 0. The fourth-order valence-electron chi connectivity index (χ4n) is 4.45. The second kappa shape index (κ2) is 7.62. The van der Waals surface area contributed by atoms with E-state index < -0.39 is 5.60 Å². The molecule has 1 spiro atoms. The molecule has 0 unspecified atom stereocenters. The Balaban J connectivity index is 1.39. The summed E-state index contributed by atoms with van der Waals surface area (Å²) in [6.45, 7) is 1.59. The Morgan fingerprint density at radius 3 is 2.36 bits per heavy atom. The molecule has 0 N–H and O–H groups in total. The van der Waals surface area contributed by atoms with Gasteiger partial charge in [-0.25, -0.2) is 4.39 Å².